The van der Waals surface area contributed by atoms with Gasteiger partial charge in [-0.3, -0.25) is 9.59 Å². The number of nitrogens with zero attached hydrogens (tertiary/aromatic N) is 1. The van der Waals surface area contributed by atoms with Crippen molar-refractivity contribution in [3.8, 4) is 0 Å². The van der Waals surface area contributed by atoms with Crippen molar-refractivity contribution in [1.29, 1.82) is 0 Å². The third-order valence-corrected chi connectivity index (χ3v) is 5.49. The standard InChI is InChI=1S/C22H32N2O3/c1-16(2)14-20(22(26)24-10-12-27-13-11-24)23-21(25)15-19(18-8-9-18)17-6-4-3-5-7-17/h3-7,16,18-20H,8-15H2,1-2H3,(H,23,25)/t19?,20-/m1/s1. The SMILES string of the molecule is CC(C)C[C@@H](NC(=O)CC(c1ccccc1)C1CC1)C(=O)N1CCOCC1. The molecule has 5 heteroatoms. The molecule has 1 aliphatic heterocycles. The highest BCUT2D eigenvalue weighted by Gasteiger charge is 2.35. The third kappa shape index (κ3) is 5.80. The van der Waals surface area contributed by atoms with Gasteiger partial charge in [-0.25, -0.2) is 0 Å². The highest BCUT2D eigenvalue weighted by molar-refractivity contribution is 5.88. The number of ether oxygens (including phenoxy) is 1. The first-order valence-electron chi connectivity index (χ1n) is 10.3. The van der Waals surface area contributed by atoms with Gasteiger partial charge in [0.05, 0.1) is 13.2 Å². The summed E-state index contributed by atoms with van der Waals surface area (Å²) in [6.45, 7) is 6.54. The maximum Gasteiger partial charge on any atom is 0.245 e. The van der Waals surface area contributed by atoms with Crippen molar-refractivity contribution in [1.82, 2.24) is 10.2 Å². The Labute approximate surface area is 162 Å². The van der Waals surface area contributed by atoms with Crippen molar-refractivity contribution in [2.75, 3.05) is 26.3 Å². The normalized spacial score (nSPS) is 19.6. The summed E-state index contributed by atoms with van der Waals surface area (Å²) in [6, 6.07) is 9.86. The van der Waals surface area contributed by atoms with Gasteiger partial charge in [-0.05, 0) is 42.6 Å². The lowest BCUT2D eigenvalue weighted by Crippen LogP contribution is -2.52. The number of nitrogens with one attached hydrogen (secondary N) is 1. The predicted molar refractivity (Wildman–Crippen MR) is 105 cm³/mol. The largest absolute Gasteiger partial charge is 0.378 e. The van der Waals surface area contributed by atoms with Crippen LogP contribution in [0.25, 0.3) is 0 Å². The van der Waals surface area contributed by atoms with Crippen molar-refractivity contribution < 1.29 is 14.3 Å². The van der Waals surface area contributed by atoms with Crippen LogP contribution in [0, 0.1) is 11.8 Å². The Bertz CT molecular complexity index is 622. The number of hydrogen-bond donors (Lipinski definition) is 1. The van der Waals surface area contributed by atoms with Crippen molar-refractivity contribution in [2.45, 2.75) is 51.5 Å². The molecule has 1 aromatic carbocycles. The summed E-state index contributed by atoms with van der Waals surface area (Å²) in [4.78, 5) is 27.6. The van der Waals surface area contributed by atoms with Crippen LogP contribution in [0.3, 0.4) is 0 Å². The van der Waals surface area contributed by atoms with Crippen LogP contribution in [0.4, 0.5) is 0 Å². The molecule has 2 atom stereocenters. The maximum atomic E-state index is 12.9. The molecule has 1 aromatic rings. The number of morpholine rings is 1. The highest BCUT2D eigenvalue weighted by atomic mass is 16.5. The van der Waals surface area contributed by atoms with Crippen molar-refractivity contribution in [3.05, 3.63) is 35.9 Å². The molecule has 0 aromatic heterocycles. The summed E-state index contributed by atoms with van der Waals surface area (Å²) in [6.07, 6.45) is 3.50. The number of hydrogen-bond acceptors (Lipinski definition) is 3. The maximum absolute atomic E-state index is 12.9. The zero-order valence-corrected chi connectivity index (χ0v) is 16.5. The molecule has 5 nitrogen and oxygen atoms in total. The van der Waals surface area contributed by atoms with Gasteiger partial charge >= 0.3 is 0 Å². The van der Waals surface area contributed by atoms with Gasteiger partial charge in [0.1, 0.15) is 6.04 Å². The van der Waals surface area contributed by atoms with Crippen LogP contribution in [0.5, 0.6) is 0 Å². The second kappa shape index (κ2) is 9.36. The Morgan fingerprint density at radius 1 is 1.15 bits per heavy atom. The van der Waals surface area contributed by atoms with E-state index in [2.05, 4.69) is 31.3 Å². The quantitative estimate of drug-likeness (QED) is 0.763. The number of rotatable bonds is 8. The van der Waals surface area contributed by atoms with Crippen LogP contribution in [-0.2, 0) is 14.3 Å². The van der Waals surface area contributed by atoms with Crippen molar-refractivity contribution in [3.63, 3.8) is 0 Å². The van der Waals surface area contributed by atoms with E-state index in [-0.39, 0.29) is 17.7 Å². The van der Waals surface area contributed by atoms with Crippen molar-refractivity contribution in [2.24, 2.45) is 11.8 Å². The van der Waals surface area contributed by atoms with Crippen LogP contribution in [-0.4, -0.2) is 49.1 Å². The first kappa shape index (κ1) is 19.9. The second-order valence-electron chi connectivity index (χ2n) is 8.25. The van der Waals surface area contributed by atoms with Crippen LogP contribution in [0.2, 0.25) is 0 Å². The average Bonchev–Trinajstić information content (AvgIpc) is 3.51. The summed E-state index contributed by atoms with van der Waals surface area (Å²) in [5, 5.41) is 3.06. The fraction of sp³-hybridized carbons (Fsp3) is 0.636. The lowest BCUT2D eigenvalue weighted by Gasteiger charge is -2.31. The molecule has 1 N–H and O–H groups in total. The minimum atomic E-state index is -0.439. The van der Waals surface area contributed by atoms with Gasteiger partial charge in [0.2, 0.25) is 11.8 Å². The molecule has 1 unspecified atom stereocenters. The van der Waals surface area contributed by atoms with E-state index in [1.165, 1.54) is 18.4 Å². The van der Waals surface area contributed by atoms with E-state index in [0.29, 0.717) is 51.0 Å². The van der Waals surface area contributed by atoms with E-state index in [1.54, 1.807) is 0 Å². The van der Waals surface area contributed by atoms with E-state index in [1.807, 2.05) is 23.1 Å². The smallest absolute Gasteiger partial charge is 0.245 e. The monoisotopic (exact) mass is 372 g/mol. The second-order valence-corrected chi connectivity index (χ2v) is 8.25. The Kier molecular flexibility index (Phi) is 6.89. The lowest BCUT2D eigenvalue weighted by atomic mass is 9.90. The fourth-order valence-electron chi connectivity index (χ4n) is 3.91. The minimum Gasteiger partial charge on any atom is -0.378 e. The first-order valence-corrected chi connectivity index (χ1v) is 10.3. The zero-order chi connectivity index (χ0) is 19.2. The van der Waals surface area contributed by atoms with E-state index < -0.39 is 6.04 Å². The third-order valence-electron chi connectivity index (χ3n) is 5.49. The molecular weight excluding hydrogens is 340 g/mol. The van der Waals surface area contributed by atoms with Gasteiger partial charge < -0.3 is 15.0 Å². The molecule has 0 radical (unpaired) electrons. The molecule has 1 saturated heterocycles. The molecule has 0 spiro atoms. The summed E-state index contributed by atoms with van der Waals surface area (Å²) >= 11 is 0. The summed E-state index contributed by atoms with van der Waals surface area (Å²) in [5.74, 6) is 1.21. The Hall–Kier alpha value is -1.88. The average molecular weight is 373 g/mol. The highest BCUT2D eigenvalue weighted by Crippen LogP contribution is 2.44. The molecule has 1 heterocycles. The molecule has 0 bridgehead atoms. The number of amides is 2. The van der Waals surface area contributed by atoms with Gasteiger partial charge in [-0.15, -0.1) is 0 Å². The van der Waals surface area contributed by atoms with Crippen LogP contribution >= 0.6 is 0 Å². The molecule has 3 rings (SSSR count). The molecular formula is C22H32N2O3. The number of carbonyl (C=O) groups is 2. The van der Waals surface area contributed by atoms with Crippen LogP contribution in [0.1, 0.15) is 51.0 Å². The summed E-state index contributed by atoms with van der Waals surface area (Å²) in [5.41, 5.74) is 1.23. The topological polar surface area (TPSA) is 58.6 Å². The zero-order valence-electron chi connectivity index (χ0n) is 16.5. The Morgan fingerprint density at radius 2 is 1.81 bits per heavy atom. The van der Waals surface area contributed by atoms with Gasteiger partial charge in [-0.2, -0.15) is 0 Å². The van der Waals surface area contributed by atoms with Crippen molar-refractivity contribution >= 4 is 11.8 Å². The van der Waals surface area contributed by atoms with Gasteiger partial charge in [-0.1, -0.05) is 44.2 Å². The van der Waals surface area contributed by atoms with Gasteiger partial charge in [0, 0.05) is 19.5 Å². The molecule has 2 aliphatic rings. The molecule has 1 aliphatic carbocycles. The van der Waals surface area contributed by atoms with E-state index >= 15 is 0 Å². The van der Waals surface area contributed by atoms with Crippen LogP contribution < -0.4 is 5.32 Å². The summed E-state index contributed by atoms with van der Waals surface area (Å²) in [7, 11) is 0. The Balaban J connectivity index is 1.63. The predicted octanol–water partition coefficient (Wildman–Crippen LogP) is 2.96. The molecule has 2 amide bonds. The van der Waals surface area contributed by atoms with Gasteiger partial charge in [0.15, 0.2) is 0 Å². The van der Waals surface area contributed by atoms with E-state index in [4.69, 9.17) is 4.74 Å². The fourth-order valence-corrected chi connectivity index (χ4v) is 3.91. The van der Waals surface area contributed by atoms with Gasteiger partial charge in [0.25, 0.3) is 0 Å². The number of benzene rings is 1. The van der Waals surface area contributed by atoms with E-state index in [9.17, 15) is 9.59 Å². The molecule has 2 fully saturated rings. The van der Waals surface area contributed by atoms with Crippen LogP contribution in [0.15, 0.2) is 30.3 Å². The lowest BCUT2D eigenvalue weighted by molar-refractivity contribution is -0.140. The first-order chi connectivity index (χ1) is 13.0. The minimum absolute atomic E-state index is 0.0111. The number of carbonyl (C=O) groups excluding carboxylic acids is 2. The Morgan fingerprint density at radius 3 is 2.41 bits per heavy atom. The molecule has 27 heavy (non-hydrogen) atoms. The van der Waals surface area contributed by atoms with E-state index in [0.717, 1.165) is 0 Å². The molecule has 1 saturated carbocycles. The summed E-state index contributed by atoms with van der Waals surface area (Å²) < 4.78 is 5.35. The molecule has 148 valence electrons.